The van der Waals surface area contributed by atoms with Crippen molar-refractivity contribution in [2.24, 2.45) is 5.41 Å². The highest BCUT2D eigenvalue weighted by molar-refractivity contribution is 7.08. The zero-order valence-corrected chi connectivity index (χ0v) is 12.6. The quantitative estimate of drug-likeness (QED) is 0.796. The second-order valence-electron chi connectivity index (χ2n) is 5.91. The Labute approximate surface area is 123 Å². The Bertz CT molecular complexity index is 514. The van der Waals surface area contributed by atoms with Gasteiger partial charge in [-0.2, -0.15) is 11.3 Å². The number of rotatable bonds is 1. The molecule has 4 nitrogen and oxygen atoms in total. The van der Waals surface area contributed by atoms with Crippen molar-refractivity contribution >= 4 is 23.2 Å². The van der Waals surface area contributed by atoms with E-state index in [4.69, 9.17) is 0 Å². The first kappa shape index (κ1) is 13.6. The highest BCUT2D eigenvalue weighted by Crippen LogP contribution is 2.41. The first-order chi connectivity index (χ1) is 9.62. The zero-order valence-electron chi connectivity index (χ0n) is 11.8. The van der Waals surface area contributed by atoms with Gasteiger partial charge in [0.15, 0.2) is 0 Å². The Morgan fingerprint density at radius 3 is 2.70 bits per heavy atom. The number of amides is 2. The average molecular weight is 292 g/mol. The molecule has 2 amide bonds. The molecule has 2 saturated heterocycles. The highest BCUT2D eigenvalue weighted by Gasteiger charge is 2.45. The third kappa shape index (κ3) is 2.24. The molecule has 20 heavy (non-hydrogen) atoms. The molecule has 1 spiro atoms. The third-order valence-corrected chi connectivity index (χ3v) is 5.41. The molecule has 0 bridgehead atoms. The lowest BCUT2D eigenvalue weighted by Crippen LogP contribution is -2.35. The Hall–Kier alpha value is -1.36. The van der Waals surface area contributed by atoms with Crippen LogP contribution in [0, 0.1) is 5.41 Å². The van der Waals surface area contributed by atoms with Gasteiger partial charge in [0.25, 0.3) is 5.91 Å². The van der Waals surface area contributed by atoms with Gasteiger partial charge >= 0.3 is 0 Å². The Morgan fingerprint density at radius 1 is 1.25 bits per heavy atom. The third-order valence-electron chi connectivity index (χ3n) is 4.73. The zero-order chi connectivity index (χ0) is 14.2. The summed E-state index contributed by atoms with van der Waals surface area (Å²) in [6.45, 7) is 2.33. The fourth-order valence-electron chi connectivity index (χ4n) is 3.42. The van der Waals surface area contributed by atoms with Crippen LogP contribution < -0.4 is 0 Å². The van der Waals surface area contributed by atoms with E-state index in [0.717, 1.165) is 44.3 Å². The fraction of sp³-hybridized carbons (Fsp3) is 0.600. The Balaban J connectivity index is 1.71. The summed E-state index contributed by atoms with van der Waals surface area (Å²) in [5, 5.41) is 3.83. The van der Waals surface area contributed by atoms with Gasteiger partial charge in [-0.15, -0.1) is 0 Å². The van der Waals surface area contributed by atoms with E-state index in [1.807, 2.05) is 33.7 Å². The minimum Gasteiger partial charge on any atom is -0.345 e. The molecule has 2 fully saturated rings. The van der Waals surface area contributed by atoms with Crippen LogP contribution in [-0.2, 0) is 4.79 Å². The fourth-order valence-corrected chi connectivity index (χ4v) is 4.05. The van der Waals surface area contributed by atoms with Crippen molar-refractivity contribution in [3.63, 3.8) is 0 Å². The number of nitrogens with zero attached hydrogens (tertiary/aromatic N) is 2. The van der Waals surface area contributed by atoms with E-state index in [2.05, 4.69) is 0 Å². The predicted octanol–water partition coefficient (Wildman–Crippen LogP) is 2.22. The van der Waals surface area contributed by atoms with Gasteiger partial charge in [-0.05, 0) is 37.1 Å². The molecule has 0 radical (unpaired) electrons. The van der Waals surface area contributed by atoms with Gasteiger partial charge in [0.05, 0.1) is 11.0 Å². The predicted molar refractivity (Wildman–Crippen MR) is 78.8 cm³/mol. The van der Waals surface area contributed by atoms with Crippen LogP contribution in [0.4, 0.5) is 0 Å². The summed E-state index contributed by atoms with van der Waals surface area (Å²) in [7, 11) is 1.89. The second-order valence-corrected chi connectivity index (χ2v) is 6.69. The maximum Gasteiger partial charge on any atom is 0.254 e. The van der Waals surface area contributed by atoms with E-state index in [0.29, 0.717) is 6.54 Å². The van der Waals surface area contributed by atoms with Crippen molar-refractivity contribution in [1.29, 1.82) is 0 Å². The number of thiophene rings is 1. The molecule has 0 N–H and O–H groups in total. The molecule has 108 valence electrons. The summed E-state index contributed by atoms with van der Waals surface area (Å²) >= 11 is 1.55. The lowest BCUT2D eigenvalue weighted by Gasteiger charge is -2.25. The largest absolute Gasteiger partial charge is 0.345 e. The molecular formula is C15H20N2O2S. The van der Waals surface area contributed by atoms with E-state index in [1.165, 1.54) is 0 Å². The minimum atomic E-state index is -0.196. The molecule has 0 aliphatic carbocycles. The van der Waals surface area contributed by atoms with E-state index >= 15 is 0 Å². The maximum atomic E-state index is 12.4. The summed E-state index contributed by atoms with van der Waals surface area (Å²) in [5.74, 6) is 0.393. The van der Waals surface area contributed by atoms with E-state index < -0.39 is 0 Å². The summed E-state index contributed by atoms with van der Waals surface area (Å²) in [5.41, 5.74) is 0.583. The van der Waals surface area contributed by atoms with Crippen molar-refractivity contribution in [2.45, 2.75) is 25.7 Å². The van der Waals surface area contributed by atoms with Crippen molar-refractivity contribution in [1.82, 2.24) is 9.80 Å². The molecule has 2 aliphatic heterocycles. The number of hydrogen-bond donors (Lipinski definition) is 0. The van der Waals surface area contributed by atoms with Crippen LogP contribution in [0.3, 0.4) is 0 Å². The van der Waals surface area contributed by atoms with Gasteiger partial charge in [0, 0.05) is 32.1 Å². The number of hydrogen-bond acceptors (Lipinski definition) is 3. The van der Waals surface area contributed by atoms with Gasteiger partial charge in [0.1, 0.15) is 0 Å². The van der Waals surface area contributed by atoms with Crippen LogP contribution in [0.2, 0.25) is 0 Å². The van der Waals surface area contributed by atoms with Crippen LogP contribution in [-0.4, -0.2) is 48.3 Å². The molecule has 0 saturated carbocycles. The number of likely N-dealkylation sites (tertiary alicyclic amines) is 2. The standard InChI is InChI=1S/C15H20N2O2S/c1-16-8-5-15(14(16)19)4-2-7-17(9-6-15)13(18)12-3-10-20-11-12/h3,10-11H,2,4-9H2,1H3. The Morgan fingerprint density at radius 2 is 2.05 bits per heavy atom. The molecule has 1 atom stereocenters. The average Bonchev–Trinajstić information content (AvgIpc) is 3.00. The van der Waals surface area contributed by atoms with E-state index in [9.17, 15) is 9.59 Å². The number of carbonyl (C=O) groups excluding carboxylic acids is 2. The second kappa shape index (κ2) is 5.20. The van der Waals surface area contributed by atoms with Crippen LogP contribution >= 0.6 is 11.3 Å². The molecule has 3 rings (SSSR count). The first-order valence-corrected chi connectivity index (χ1v) is 8.14. The summed E-state index contributed by atoms with van der Waals surface area (Å²) < 4.78 is 0. The normalized spacial score (nSPS) is 27.1. The van der Waals surface area contributed by atoms with Gasteiger partial charge < -0.3 is 9.80 Å². The monoisotopic (exact) mass is 292 g/mol. The van der Waals surface area contributed by atoms with Gasteiger partial charge in [-0.1, -0.05) is 0 Å². The van der Waals surface area contributed by atoms with Gasteiger partial charge in [-0.25, -0.2) is 0 Å². The summed E-state index contributed by atoms with van der Waals surface area (Å²) in [6, 6.07) is 1.88. The van der Waals surface area contributed by atoms with Crippen LogP contribution in [0.5, 0.6) is 0 Å². The first-order valence-electron chi connectivity index (χ1n) is 7.19. The van der Waals surface area contributed by atoms with Crippen molar-refractivity contribution in [3.05, 3.63) is 22.4 Å². The van der Waals surface area contributed by atoms with Gasteiger partial charge in [0.2, 0.25) is 5.91 Å². The lowest BCUT2D eigenvalue weighted by atomic mass is 9.79. The molecule has 5 heteroatoms. The van der Waals surface area contributed by atoms with Gasteiger partial charge in [-0.3, -0.25) is 9.59 Å². The van der Waals surface area contributed by atoms with Crippen LogP contribution in [0.25, 0.3) is 0 Å². The molecular weight excluding hydrogens is 272 g/mol. The van der Waals surface area contributed by atoms with E-state index in [1.54, 1.807) is 11.3 Å². The highest BCUT2D eigenvalue weighted by atomic mass is 32.1. The van der Waals surface area contributed by atoms with Crippen LogP contribution in [0.15, 0.2) is 16.8 Å². The lowest BCUT2D eigenvalue weighted by molar-refractivity contribution is -0.135. The molecule has 3 heterocycles. The molecule has 2 aliphatic rings. The summed E-state index contributed by atoms with van der Waals surface area (Å²) in [6.07, 6.45) is 3.61. The van der Waals surface area contributed by atoms with E-state index in [-0.39, 0.29) is 17.2 Å². The number of carbonyl (C=O) groups is 2. The smallest absolute Gasteiger partial charge is 0.254 e. The van der Waals surface area contributed by atoms with Crippen molar-refractivity contribution in [2.75, 3.05) is 26.7 Å². The maximum absolute atomic E-state index is 12.4. The topological polar surface area (TPSA) is 40.6 Å². The van der Waals surface area contributed by atoms with Crippen LogP contribution in [0.1, 0.15) is 36.0 Å². The summed E-state index contributed by atoms with van der Waals surface area (Å²) in [4.78, 5) is 28.5. The molecule has 1 aromatic rings. The SMILES string of the molecule is CN1CCC2(CCCN(C(=O)c3ccsc3)CC2)C1=O. The van der Waals surface area contributed by atoms with Crippen molar-refractivity contribution < 1.29 is 9.59 Å². The Kier molecular flexibility index (Phi) is 3.54. The molecule has 0 aromatic carbocycles. The minimum absolute atomic E-state index is 0.113. The molecule has 1 unspecified atom stereocenters. The van der Waals surface area contributed by atoms with Crippen molar-refractivity contribution in [3.8, 4) is 0 Å². The molecule has 1 aromatic heterocycles.